The lowest BCUT2D eigenvalue weighted by atomic mass is 10.3. The van der Waals surface area contributed by atoms with E-state index >= 15 is 0 Å². The number of aromatic carboxylic acids is 1. The van der Waals surface area contributed by atoms with Crippen molar-refractivity contribution in [2.24, 2.45) is 0 Å². The van der Waals surface area contributed by atoms with E-state index in [1.165, 1.54) is 17.0 Å². The van der Waals surface area contributed by atoms with Crippen LogP contribution in [0.2, 0.25) is 0 Å². The van der Waals surface area contributed by atoms with E-state index in [1.54, 1.807) is 7.05 Å². The number of carboxylic acids is 1. The number of carbonyl (C=O) groups is 2. The Labute approximate surface area is 96.5 Å². The fourth-order valence-electron chi connectivity index (χ4n) is 1.08. The molecule has 0 spiro atoms. The van der Waals surface area contributed by atoms with Gasteiger partial charge >= 0.3 is 5.97 Å². The molecule has 6 heteroatoms. The zero-order chi connectivity index (χ0) is 12.1. The third-order valence-electron chi connectivity index (χ3n) is 1.93. The molecule has 0 radical (unpaired) electrons. The fourth-order valence-corrected chi connectivity index (χ4v) is 1.91. The first-order valence-electron chi connectivity index (χ1n) is 4.51. The van der Waals surface area contributed by atoms with Crippen molar-refractivity contribution in [2.75, 3.05) is 13.6 Å². The van der Waals surface area contributed by atoms with Gasteiger partial charge in [-0.05, 0) is 12.1 Å². The molecule has 1 N–H and O–H groups in total. The SMILES string of the molecule is CN(CCC#N)C(=O)c1ccc(C(=O)O)s1. The minimum atomic E-state index is -1.04. The monoisotopic (exact) mass is 238 g/mol. The van der Waals surface area contributed by atoms with Crippen LogP contribution in [0.1, 0.15) is 25.8 Å². The number of nitrogens with zero attached hydrogens (tertiary/aromatic N) is 2. The summed E-state index contributed by atoms with van der Waals surface area (Å²) in [5.41, 5.74) is 0. The number of thiophene rings is 1. The fraction of sp³-hybridized carbons (Fsp3) is 0.300. The minimum Gasteiger partial charge on any atom is -0.477 e. The van der Waals surface area contributed by atoms with Crippen LogP contribution < -0.4 is 0 Å². The van der Waals surface area contributed by atoms with Gasteiger partial charge in [-0.25, -0.2) is 4.79 Å². The van der Waals surface area contributed by atoms with E-state index in [-0.39, 0.29) is 17.2 Å². The summed E-state index contributed by atoms with van der Waals surface area (Å²) in [7, 11) is 1.58. The Balaban J connectivity index is 2.73. The summed E-state index contributed by atoms with van der Waals surface area (Å²) >= 11 is 0.937. The highest BCUT2D eigenvalue weighted by Gasteiger charge is 2.15. The summed E-state index contributed by atoms with van der Waals surface area (Å²) in [6.07, 6.45) is 0.263. The van der Waals surface area contributed by atoms with Gasteiger partial charge in [-0.1, -0.05) is 0 Å². The quantitative estimate of drug-likeness (QED) is 0.860. The van der Waals surface area contributed by atoms with Gasteiger partial charge in [0.1, 0.15) is 4.88 Å². The minimum absolute atomic E-state index is 0.136. The van der Waals surface area contributed by atoms with Gasteiger partial charge in [0.25, 0.3) is 5.91 Å². The summed E-state index contributed by atoms with van der Waals surface area (Å²) in [4.78, 5) is 24.3. The highest BCUT2D eigenvalue weighted by atomic mass is 32.1. The maximum Gasteiger partial charge on any atom is 0.345 e. The van der Waals surface area contributed by atoms with Crippen LogP contribution in [-0.2, 0) is 0 Å². The zero-order valence-electron chi connectivity index (χ0n) is 8.64. The third kappa shape index (κ3) is 2.81. The van der Waals surface area contributed by atoms with Crippen molar-refractivity contribution in [1.82, 2.24) is 4.90 Å². The molecule has 1 heterocycles. The molecule has 0 bridgehead atoms. The van der Waals surface area contributed by atoms with Gasteiger partial charge in [0.15, 0.2) is 0 Å². The van der Waals surface area contributed by atoms with E-state index in [0.29, 0.717) is 11.4 Å². The van der Waals surface area contributed by atoms with E-state index in [1.807, 2.05) is 6.07 Å². The van der Waals surface area contributed by atoms with Crippen molar-refractivity contribution in [3.63, 3.8) is 0 Å². The predicted molar refractivity (Wildman–Crippen MR) is 58.5 cm³/mol. The molecular formula is C10H10N2O3S. The molecule has 0 unspecified atom stereocenters. The van der Waals surface area contributed by atoms with Gasteiger partial charge in [-0.3, -0.25) is 4.79 Å². The Hall–Kier alpha value is -1.87. The molecular weight excluding hydrogens is 228 g/mol. The lowest BCUT2D eigenvalue weighted by molar-refractivity contribution is 0.0701. The molecule has 1 amide bonds. The van der Waals surface area contributed by atoms with E-state index in [9.17, 15) is 9.59 Å². The van der Waals surface area contributed by atoms with Gasteiger partial charge in [-0.15, -0.1) is 11.3 Å². The normalized spacial score (nSPS) is 9.50. The summed E-state index contributed by atoms with van der Waals surface area (Å²) in [5.74, 6) is -1.29. The molecule has 16 heavy (non-hydrogen) atoms. The van der Waals surface area contributed by atoms with Gasteiger partial charge in [0, 0.05) is 13.6 Å². The molecule has 0 aromatic carbocycles. The van der Waals surface area contributed by atoms with Crippen LogP contribution >= 0.6 is 11.3 Å². The van der Waals surface area contributed by atoms with Crippen LogP contribution in [0, 0.1) is 11.3 Å². The first kappa shape index (κ1) is 12.2. The first-order valence-corrected chi connectivity index (χ1v) is 5.33. The van der Waals surface area contributed by atoms with Crippen LogP contribution in [0.25, 0.3) is 0 Å². The average molecular weight is 238 g/mol. The standard InChI is InChI=1S/C10H10N2O3S/c1-12(6-2-5-11)9(13)7-3-4-8(16-7)10(14)15/h3-4H,2,6H2,1H3,(H,14,15). The molecule has 1 rings (SSSR count). The van der Waals surface area contributed by atoms with Crippen molar-refractivity contribution < 1.29 is 14.7 Å². The number of hydrogen-bond acceptors (Lipinski definition) is 4. The highest BCUT2D eigenvalue weighted by molar-refractivity contribution is 7.15. The lowest BCUT2D eigenvalue weighted by Crippen LogP contribution is -2.26. The van der Waals surface area contributed by atoms with Crippen molar-refractivity contribution in [3.8, 4) is 6.07 Å². The second-order valence-corrected chi connectivity index (χ2v) is 4.19. The molecule has 5 nitrogen and oxygen atoms in total. The van der Waals surface area contributed by atoms with Crippen LogP contribution in [0.15, 0.2) is 12.1 Å². The van der Waals surface area contributed by atoms with Crippen molar-refractivity contribution in [3.05, 3.63) is 21.9 Å². The summed E-state index contributed by atoms with van der Waals surface area (Å²) in [6, 6.07) is 4.83. The molecule has 0 saturated heterocycles. The maximum absolute atomic E-state index is 11.7. The summed E-state index contributed by atoms with van der Waals surface area (Å²) in [6.45, 7) is 0.343. The molecule has 0 aliphatic carbocycles. The van der Waals surface area contributed by atoms with Crippen molar-refractivity contribution >= 4 is 23.2 Å². The van der Waals surface area contributed by atoms with E-state index < -0.39 is 5.97 Å². The number of carboxylic acid groups (broad SMARTS) is 1. The number of carbonyl (C=O) groups excluding carboxylic acids is 1. The van der Waals surface area contributed by atoms with Gasteiger partial charge in [0.05, 0.1) is 17.4 Å². The smallest absolute Gasteiger partial charge is 0.345 e. The topological polar surface area (TPSA) is 81.4 Å². The molecule has 84 valence electrons. The van der Waals surface area contributed by atoms with Gasteiger partial charge < -0.3 is 10.0 Å². The van der Waals surface area contributed by atoms with E-state index in [4.69, 9.17) is 10.4 Å². The summed E-state index contributed by atoms with van der Waals surface area (Å²) < 4.78 is 0. The molecule has 1 aromatic heterocycles. The van der Waals surface area contributed by atoms with Crippen LogP contribution in [0.4, 0.5) is 0 Å². The number of hydrogen-bond donors (Lipinski definition) is 1. The first-order chi connectivity index (χ1) is 7.56. The second-order valence-electron chi connectivity index (χ2n) is 3.10. The summed E-state index contributed by atoms with van der Waals surface area (Å²) in [5, 5.41) is 17.1. The highest BCUT2D eigenvalue weighted by Crippen LogP contribution is 2.17. The Morgan fingerprint density at radius 1 is 1.50 bits per heavy atom. The largest absolute Gasteiger partial charge is 0.477 e. The van der Waals surface area contributed by atoms with Crippen LogP contribution in [-0.4, -0.2) is 35.5 Å². The number of amides is 1. The zero-order valence-corrected chi connectivity index (χ0v) is 9.45. The Morgan fingerprint density at radius 3 is 2.62 bits per heavy atom. The van der Waals surface area contributed by atoms with E-state index in [2.05, 4.69) is 0 Å². The Morgan fingerprint density at radius 2 is 2.12 bits per heavy atom. The molecule has 0 fully saturated rings. The van der Waals surface area contributed by atoms with Crippen molar-refractivity contribution in [1.29, 1.82) is 5.26 Å². The third-order valence-corrected chi connectivity index (χ3v) is 2.99. The maximum atomic E-state index is 11.7. The van der Waals surface area contributed by atoms with Gasteiger partial charge in [0.2, 0.25) is 0 Å². The Kier molecular flexibility index (Phi) is 4.03. The van der Waals surface area contributed by atoms with E-state index in [0.717, 1.165) is 11.3 Å². The number of nitriles is 1. The molecule has 1 aromatic rings. The van der Waals surface area contributed by atoms with Crippen LogP contribution in [0.5, 0.6) is 0 Å². The molecule has 0 saturated carbocycles. The second kappa shape index (κ2) is 5.28. The molecule has 0 aliphatic heterocycles. The molecule has 0 atom stereocenters. The average Bonchev–Trinajstić information content (AvgIpc) is 2.74. The van der Waals surface area contributed by atoms with Crippen molar-refractivity contribution in [2.45, 2.75) is 6.42 Å². The predicted octanol–water partition coefficient (Wildman–Crippen LogP) is 1.43. The van der Waals surface area contributed by atoms with Gasteiger partial charge in [-0.2, -0.15) is 5.26 Å². The number of rotatable bonds is 4. The molecule has 0 aliphatic rings. The van der Waals surface area contributed by atoms with Crippen LogP contribution in [0.3, 0.4) is 0 Å². The Bertz CT molecular complexity index is 447. The lowest BCUT2D eigenvalue weighted by Gasteiger charge is -2.13.